The number of hydrogen-bond acceptors (Lipinski definition) is 8. The molecule has 2 fully saturated rings. The molecule has 12 heteroatoms. The normalized spacial score (nSPS) is 22.2. The number of hydrogen-bond donors (Lipinski definition) is 2. The van der Waals surface area contributed by atoms with Crippen LogP contribution in [0.4, 0.5) is 9.93 Å². The van der Waals surface area contributed by atoms with E-state index >= 15 is 0 Å². The zero-order chi connectivity index (χ0) is 30.1. The number of nitrogens with one attached hydrogen (secondary N) is 1. The maximum atomic E-state index is 14.1. The summed E-state index contributed by atoms with van der Waals surface area (Å²) < 4.78 is 6.30. The number of nitrogens with zero attached hydrogens (tertiary/aromatic N) is 5. The van der Waals surface area contributed by atoms with Crippen molar-refractivity contribution in [2.45, 2.75) is 37.7 Å². The monoisotopic (exact) mass is 601 g/mol. The van der Waals surface area contributed by atoms with Gasteiger partial charge in [0.1, 0.15) is 12.2 Å². The predicted molar refractivity (Wildman–Crippen MR) is 165 cm³/mol. The lowest BCUT2D eigenvalue weighted by molar-refractivity contribution is -0.157. The molecule has 3 aliphatic rings. The van der Waals surface area contributed by atoms with Crippen LogP contribution in [0.3, 0.4) is 0 Å². The van der Waals surface area contributed by atoms with Gasteiger partial charge in [-0.1, -0.05) is 72.0 Å². The first kappa shape index (κ1) is 28.8. The first-order valence-electron chi connectivity index (χ1n) is 14.3. The number of ether oxygens (including phenoxy) is 1. The molecule has 3 N–H and O–H groups in total. The number of piperazine rings is 1. The van der Waals surface area contributed by atoms with Crippen LogP contribution >= 0.6 is 11.3 Å². The van der Waals surface area contributed by atoms with E-state index < -0.39 is 12.2 Å². The summed E-state index contributed by atoms with van der Waals surface area (Å²) >= 11 is 1.41. The van der Waals surface area contributed by atoms with Crippen LogP contribution in [0.25, 0.3) is 10.2 Å². The summed E-state index contributed by atoms with van der Waals surface area (Å²) in [6.45, 7) is 0.914. The average molecular weight is 602 g/mol. The molecule has 4 amide bonds. The fraction of sp³-hybridized carbons (Fsp3) is 0.355. The number of anilines is 1. The van der Waals surface area contributed by atoms with Crippen molar-refractivity contribution < 1.29 is 19.1 Å². The number of benzene rings is 2. The molecule has 3 heterocycles. The van der Waals surface area contributed by atoms with Crippen molar-refractivity contribution in [3.05, 3.63) is 83.5 Å². The average Bonchev–Trinajstić information content (AvgIpc) is 3.57. The van der Waals surface area contributed by atoms with Crippen LogP contribution in [-0.4, -0.2) is 94.8 Å². The molecule has 43 heavy (non-hydrogen) atoms. The number of amides is 4. The molecule has 1 aromatic heterocycles. The summed E-state index contributed by atoms with van der Waals surface area (Å²) in [6.07, 6.45) is 6.64. The van der Waals surface area contributed by atoms with Crippen LogP contribution < -0.4 is 11.1 Å². The summed E-state index contributed by atoms with van der Waals surface area (Å²) in [5.74, 6) is -0.315. The van der Waals surface area contributed by atoms with Gasteiger partial charge in [0.15, 0.2) is 5.13 Å². The topological polar surface area (TPSA) is 124 Å². The number of thiazole rings is 1. The van der Waals surface area contributed by atoms with E-state index in [-0.39, 0.29) is 37.0 Å². The Balaban J connectivity index is 1.24. The number of nitrogens with two attached hydrogens (primary N) is 1. The van der Waals surface area contributed by atoms with Gasteiger partial charge in [0.05, 0.1) is 29.4 Å². The SMILES string of the molecule is COC1C=CC(CNC(=O)N(C)N2CC(=O)N3C2CN(Cc2cccc4sc(N)nc24)C(=O)[C@@H]3Cc2ccccc2)=CC1. The van der Waals surface area contributed by atoms with Gasteiger partial charge in [0, 0.05) is 33.7 Å². The molecule has 0 spiro atoms. The largest absolute Gasteiger partial charge is 0.377 e. The molecule has 11 nitrogen and oxygen atoms in total. The van der Waals surface area contributed by atoms with Gasteiger partial charge in [-0.3, -0.25) is 14.6 Å². The fourth-order valence-electron chi connectivity index (χ4n) is 6.00. The number of methoxy groups -OCH3 is 1. The zero-order valence-corrected chi connectivity index (χ0v) is 25.0. The highest BCUT2D eigenvalue weighted by molar-refractivity contribution is 7.22. The van der Waals surface area contributed by atoms with Crippen molar-refractivity contribution in [3.8, 4) is 0 Å². The quantitative estimate of drug-likeness (QED) is 0.407. The maximum Gasteiger partial charge on any atom is 0.332 e. The number of para-hydroxylation sites is 1. The first-order chi connectivity index (χ1) is 20.8. The second-order valence-corrected chi connectivity index (χ2v) is 12.0. The van der Waals surface area contributed by atoms with Crippen molar-refractivity contribution in [1.29, 1.82) is 0 Å². The smallest absolute Gasteiger partial charge is 0.332 e. The van der Waals surface area contributed by atoms with E-state index in [0.717, 1.165) is 33.3 Å². The minimum absolute atomic E-state index is 0.00266. The highest BCUT2D eigenvalue weighted by atomic mass is 32.1. The van der Waals surface area contributed by atoms with Gasteiger partial charge in [0.25, 0.3) is 0 Å². The Morgan fingerprint density at radius 1 is 1.19 bits per heavy atom. The van der Waals surface area contributed by atoms with Gasteiger partial charge in [-0.05, 0) is 29.2 Å². The van der Waals surface area contributed by atoms with Gasteiger partial charge >= 0.3 is 6.03 Å². The third-order valence-electron chi connectivity index (χ3n) is 8.28. The molecular formula is C31H35N7O4S. The zero-order valence-electron chi connectivity index (χ0n) is 24.2. The van der Waals surface area contributed by atoms with Crippen LogP contribution in [0, 0.1) is 0 Å². The lowest BCUT2D eigenvalue weighted by Gasteiger charge is -2.45. The van der Waals surface area contributed by atoms with E-state index in [1.54, 1.807) is 29.0 Å². The van der Waals surface area contributed by atoms with Crippen molar-refractivity contribution in [3.63, 3.8) is 0 Å². The van der Waals surface area contributed by atoms with Crippen molar-refractivity contribution in [1.82, 2.24) is 30.1 Å². The highest BCUT2D eigenvalue weighted by Crippen LogP contribution is 2.32. The van der Waals surface area contributed by atoms with E-state index in [9.17, 15) is 14.4 Å². The lowest BCUT2D eigenvalue weighted by atomic mass is 10.00. The summed E-state index contributed by atoms with van der Waals surface area (Å²) in [4.78, 5) is 48.8. The third kappa shape index (κ3) is 5.85. The number of aromatic nitrogens is 1. The molecule has 0 bridgehead atoms. The number of carbonyl (C=O) groups is 3. The van der Waals surface area contributed by atoms with Crippen LogP contribution in [0.5, 0.6) is 0 Å². The first-order valence-corrected chi connectivity index (χ1v) is 15.1. The molecule has 224 valence electrons. The van der Waals surface area contributed by atoms with Crippen molar-refractivity contribution in [2.24, 2.45) is 0 Å². The van der Waals surface area contributed by atoms with Crippen LogP contribution in [0.1, 0.15) is 17.5 Å². The molecule has 1 aliphatic carbocycles. The van der Waals surface area contributed by atoms with E-state index in [4.69, 9.17) is 10.5 Å². The van der Waals surface area contributed by atoms with Crippen LogP contribution in [-0.2, 0) is 27.3 Å². The Hall–Kier alpha value is -4.26. The predicted octanol–water partition coefficient (Wildman–Crippen LogP) is 2.76. The maximum absolute atomic E-state index is 14.1. The molecule has 3 aromatic rings. The number of nitrogen functional groups attached to an aromatic ring is 1. The Bertz CT molecular complexity index is 1590. The Morgan fingerprint density at radius 3 is 2.74 bits per heavy atom. The second kappa shape index (κ2) is 12.2. The Kier molecular flexibility index (Phi) is 8.15. The van der Waals surface area contributed by atoms with Crippen LogP contribution in [0.15, 0.2) is 72.3 Å². The molecular weight excluding hydrogens is 566 g/mol. The van der Waals surface area contributed by atoms with Gasteiger partial charge in [-0.25, -0.2) is 9.78 Å². The van der Waals surface area contributed by atoms with E-state index in [1.807, 2.05) is 66.8 Å². The second-order valence-electron chi connectivity index (χ2n) is 10.9. The fourth-order valence-corrected chi connectivity index (χ4v) is 6.79. The molecule has 2 aromatic carbocycles. The molecule has 6 rings (SSSR count). The van der Waals surface area contributed by atoms with Gasteiger partial charge in [0.2, 0.25) is 11.8 Å². The van der Waals surface area contributed by atoms with Crippen molar-refractivity contribution >= 4 is 44.5 Å². The summed E-state index contributed by atoms with van der Waals surface area (Å²) in [7, 11) is 3.33. The number of hydrazine groups is 1. The van der Waals surface area contributed by atoms with E-state index in [2.05, 4.69) is 10.3 Å². The molecule has 2 aliphatic heterocycles. The minimum Gasteiger partial charge on any atom is -0.377 e. The van der Waals surface area contributed by atoms with Gasteiger partial charge < -0.3 is 25.6 Å². The lowest BCUT2D eigenvalue weighted by Crippen LogP contribution is -2.65. The highest BCUT2D eigenvalue weighted by Gasteiger charge is 2.51. The van der Waals surface area contributed by atoms with E-state index in [1.165, 1.54) is 16.3 Å². The summed E-state index contributed by atoms with van der Waals surface area (Å²) in [5, 5.41) is 6.65. The van der Waals surface area contributed by atoms with E-state index in [0.29, 0.717) is 24.6 Å². The minimum atomic E-state index is -0.707. The third-order valence-corrected chi connectivity index (χ3v) is 9.13. The van der Waals surface area contributed by atoms with Crippen LogP contribution in [0.2, 0.25) is 0 Å². The molecule has 0 radical (unpaired) electrons. The number of rotatable bonds is 8. The Labute approximate surface area is 254 Å². The number of carbonyl (C=O) groups excluding carboxylic acids is 3. The molecule has 3 atom stereocenters. The molecule has 2 saturated heterocycles. The Morgan fingerprint density at radius 2 is 2.00 bits per heavy atom. The molecule has 2 unspecified atom stereocenters. The summed E-state index contributed by atoms with van der Waals surface area (Å²) in [5.41, 5.74) is 9.61. The van der Waals surface area contributed by atoms with Crippen molar-refractivity contribution in [2.75, 3.05) is 39.5 Å². The van der Waals surface area contributed by atoms with Gasteiger partial charge in [-0.15, -0.1) is 0 Å². The number of urea groups is 1. The molecule has 0 saturated carbocycles. The number of fused-ring (bicyclic) bond motifs is 2. The standard InChI is InChI=1S/C31H35N7O4S/c1-35(31(41)33-16-21-11-13-23(42-2)14-12-21)37-19-27(39)38-24(15-20-7-4-3-5-8-20)29(40)36(18-26(37)38)17-22-9-6-10-25-28(22)34-30(32)43-25/h3-13,23-24,26H,14-19H2,1-2H3,(H2,32,34)(H,33,41)/t23?,24-,26?/m0/s1. The summed E-state index contributed by atoms with van der Waals surface area (Å²) in [6, 6.07) is 14.5. The van der Waals surface area contributed by atoms with Gasteiger partial charge in [-0.2, -0.15) is 5.01 Å².